The van der Waals surface area contributed by atoms with Gasteiger partial charge in [-0.2, -0.15) is 5.10 Å². The third-order valence-corrected chi connectivity index (χ3v) is 4.98. The predicted molar refractivity (Wildman–Crippen MR) is 111 cm³/mol. The maximum atomic E-state index is 12.5. The van der Waals surface area contributed by atoms with Crippen LogP contribution >= 0.6 is 11.3 Å². The predicted octanol–water partition coefficient (Wildman–Crippen LogP) is 3.79. The van der Waals surface area contributed by atoms with E-state index in [-0.39, 0.29) is 12.3 Å². The highest BCUT2D eigenvalue weighted by molar-refractivity contribution is 7.09. The standard InChI is InChI=1S/C21H19N5O2S/c1-15-5-7-17(8-6-15)28-13-20-24-16(14-29-20)12-19(27)25-18-4-2-9-22-21(18)26-11-3-10-23-26/h2-11,14H,12-13H2,1H3,(H,25,27). The molecule has 1 N–H and O–H groups in total. The van der Waals surface area contributed by atoms with Crippen LogP contribution in [0.25, 0.3) is 5.82 Å². The van der Waals surface area contributed by atoms with Gasteiger partial charge in [-0.3, -0.25) is 4.79 Å². The molecule has 0 saturated carbocycles. The van der Waals surface area contributed by atoms with Crippen LogP contribution in [0.15, 0.2) is 66.4 Å². The zero-order valence-corrected chi connectivity index (χ0v) is 16.6. The van der Waals surface area contributed by atoms with E-state index in [9.17, 15) is 4.79 Å². The van der Waals surface area contributed by atoms with Gasteiger partial charge >= 0.3 is 0 Å². The van der Waals surface area contributed by atoms with Crippen molar-refractivity contribution in [3.8, 4) is 11.6 Å². The number of ether oxygens (including phenoxy) is 1. The fraction of sp³-hybridized carbons (Fsp3) is 0.143. The number of benzene rings is 1. The van der Waals surface area contributed by atoms with Gasteiger partial charge in [-0.05, 0) is 37.3 Å². The average molecular weight is 405 g/mol. The van der Waals surface area contributed by atoms with Crippen molar-refractivity contribution < 1.29 is 9.53 Å². The average Bonchev–Trinajstić information content (AvgIpc) is 3.40. The molecule has 7 nitrogen and oxygen atoms in total. The van der Waals surface area contributed by atoms with Gasteiger partial charge in [-0.25, -0.2) is 14.6 Å². The van der Waals surface area contributed by atoms with Crippen molar-refractivity contribution in [2.45, 2.75) is 20.0 Å². The molecular formula is C21H19N5O2S. The lowest BCUT2D eigenvalue weighted by atomic mass is 10.2. The summed E-state index contributed by atoms with van der Waals surface area (Å²) in [5.41, 5.74) is 2.49. The van der Waals surface area contributed by atoms with Gasteiger partial charge < -0.3 is 10.1 Å². The van der Waals surface area contributed by atoms with Gasteiger partial charge in [0, 0.05) is 24.0 Å². The number of rotatable bonds is 7. The molecular weight excluding hydrogens is 386 g/mol. The van der Waals surface area contributed by atoms with Crippen LogP contribution in [0, 0.1) is 6.92 Å². The first kappa shape index (κ1) is 18.8. The molecule has 4 aromatic rings. The Morgan fingerprint density at radius 2 is 2.03 bits per heavy atom. The Balaban J connectivity index is 1.36. The van der Waals surface area contributed by atoms with Crippen LogP contribution in [0.4, 0.5) is 5.69 Å². The number of aryl methyl sites for hydroxylation is 1. The summed E-state index contributed by atoms with van der Waals surface area (Å²) in [6, 6.07) is 13.2. The minimum Gasteiger partial charge on any atom is -0.486 e. The van der Waals surface area contributed by atoms with Gasteiger partial charge in [0.05, 0.1) is 17.8 Å². The molecule has 3 aromatic heterocycles. The minimum atomic E-state index is -0.164. The van der Waals surface area contributed by atoms with Crippen LogP contribution in [0.1, 0.15) is 16.3 Å². The number of amides is 1. The number of hydrogen-bond donors (Lipinski definition) is 1. The Bertz CT molecular complexity index is 1090. The lowest BCUT2D eigenvalue weighted by Gasteiger charge is -2.09. The normalized spacial score (nSPS) is 10.7. The maximum absolute atomic E-state index is 12.5. The van der Waals surface area contributed by atoms with E-state index in [1.807, 2.05) is 36.6 Å². The van der Waals surface area contributed by atoms with Crippen LogP contribution in [0.5, 0.6) is 5.75 Å². The summed E-state index contributed by atoms with van der Waals surface area (Å²) in [5.74, 6) is 1.20. The summed E-state index contributed by atoms with van der Waals surface area (Å²) in [7, 11) is 0. The van der Waals surface area contributed by atoms with E-state index in [0.717, 1.165) is 10.8 Å². The highest BCUT2D eigenvalue weighted by Crippen LogP contribution is 2.18. The molecule has 146 valence electrons. The molecule has 0 aliphatic rings. The van der Waals surface area contributed by atoms with E-state index in [1.165, 1.54) is 16.9 Å². The zero-order chi connectivity index (χ0) is 20.1. The van der Waals surface area contributed by atoms with Crippen molar-refractivity contribution in [2.24, 2.45) is 0 Å². The van der Waals surface area contributed by atoms with Crippen LogP contribution in [-0.2, 0) is 17.8 Å². The summed E-state index contributed by atoms with van der Waals surface area (Å²) >= 11 is 1.48. The molecule has 0 saturated heterocycles. The second kappa shape index (κ2) is 8.66. The molecule has 3 heterocycles. The molecule has 8 heteroatoms. The lowest BCUT2D eigenvalue weighted by molar-refractivity contribution is -0.115. The fourth-order valence-electron chi connectivity index (χ4n) is 2.71. The Hall–Kier alpha value is -3.52. The monoisotopic (exact) mass is 405 g/mol. The number of nitrogens with one attached hydrogen (secondary N) is 1. The van der Waals surface area contributed by atoms with Crippen LogP contribution < -0.4 is 10.1 Å². The van der Waals surface area contributed by atoms with Gasteiger partial charge in [-0.15, -0.1) is 11.3 Å². The number of pyridine rings is 1. The maximum Gasteiger partial charge on any atom is 0.230 e. The van der Waals surface area contributed by atoms with E-state index < -0.39 is 0 Å². The second-order valence-electron chi connectivity index (χ2n) is 6.38. The van der Waals surface area contributed by atoms with Gasteiger partial charge in [0.15, 0.2) is 5.82 Å². The Labute approximate surface area is 172 Å². The molecule has 1 amide bonds. The highest BCUT2D eigenvalue weighted by Gasteiger charge is 2.12. The van der Waals surface area contributed by atoms with E-state index in [1.54, 1.807) is 41.5 Å². The first-order valence-corrected chi connectivity index (χ1v) is 9.93. The van der Waals surface area contributed by atoms with Gasteiger partial charge in [0.2, 0.25) is 5.91 Å². The Kier molecular flexibility index (Phi) is 5.62. The first-order chi connectivity index (χ1) is 14.2. The smallest absolute Gasteiger partial charge is 0.230 e. The highest BCUT2D eigenvalue weighted by atomic mass is 32.1. The Morgan fingerprint density at radius 1 is 1.17 bits per heavy atom. The minimum absolute atomic E-state index is 0.164. The molecule has 0 fully saturated rings. The van der Waals surface area contributed by atoms with Crippen molar-refractivity contribution in [3.63, 3.8) is 0 Å². The molecule has 29 heavy (non-hydrogen) atoms. The van der Waals surface area contributed by atoms with E-state index >= 15 is 0 Å². The van der Waals surface area contributed by atoms with Crippen LogP contribution in [-0.4, -0.2) is 25.7 Å². The van der Waals surface area contributed by atoms with Gasteiger partial charge in [-0.1, -0.05) is 17.7 Å². The number of aromatic nitrogens is 4. The molecule has 0 bridgehead atoms. The summed E-state index contributed by atoms with van der Waals surface area (Å²) in [6.07, 6.45) is 5.27. The van der Waals surface area contributed by atoms with E-state index in [2.05, 4.69) is 20.4 Å². The molecule has 4 rings (SSSR count). The third-order valence-electron chi connectivity index (χ3n) is 4.11. The van der Waals surface area contributed by atoms with Crippen LogP contribution in [0.3, 0.4) is 0 Å². The second-order valence-corrected chi connectivity index (χ2v) is 7.33. The van der Waals surface area contributed by atoms with Crippen molar-refractivity contribution in [1.29, 1.82) is 0 Å². The SMILES string of the molecule is Cc1ccc(OCc2nc(CC(=O)Nc3cccnc3-n3cccn3)cs2)cc1. The summed E-state index contributed by atoms with van der Waals surface area (Å²) in [4.78, 5) is 21.3. The number of anilines is 1. The van der Waals surface area contributed by atoms with Crippen molar-refractivity contribution in [3.05, 3.63) is 82.7 Å². The lowest BCUT2D eigenvalue weighted by Crippen LogP contribution is -2.17. The number of carbonyl (C=O) groups excluding carboxylic acids is 1. The molecule has 1 aromatic carbocycles. The molecule has 0 aliphatic carbocycles. The molecule has 0 aliphatic heterocycles. The van der Waals surface area contributed by atoms with E-state index in [4.69, 9.17) is 4.74 Å². The van der Waals surface area contributed by atoms with Crippen LogP contribution in [0.2, 0.25) is 0 Å². The topological polar surface area (TPSA) is 81.9 Å². The molecule has 0 unspecified atom stereocenters. The number of hydrogen-bond acceptors (Lipinski definition) is 6. The summed E-state index contributed by atoms with van der Waals surface area (Å²) in [6.45, 7) is 2.41. The number of thiazole rings is 1. The first-order valence-electron chi connectivity index (χ1n) is 9.05. The number of carbonyl (C=O) groups is 1. The Morgan fingerprint density at radius 3 is 2.83 bits per heavy atom. The molecule has 0 atom stereocenters. The van der Waals surface area contributed by atoms with Crippen molar-refractivity contribution in [2.75, 3.05) is 5.32 Å². The van der Waals surface area contributed by atoms with Gasteiger partial charge in [0.25, 0.3) is 0 Å². The molecule has 0 radical (unpaired) electrons. The number of nitrogens with zero attached hydrogens (tertiary/aromatic N) is 4. The van der Waals surface area contributed by atoms with E-state index in [0.29, 0.717) is 23.8 Å². The van der Waals surface area contributed by atoms with Gasteiger partial charge in [0.1, 0.15) is 17.4 Å². The zero-order valence-electron chi connectivity index (χ0n) is 15.8. The third kappa shape index (κ3) is 4.85. The summed E-state index contributed by atoms with van der Waals surface area (Å²) < 4.78 is 7.36. The molecule has 0 spiro atoms. The quantitative estimate of drug-likeness (QED) is 0.506. The summed E-state index contributed by atoms with van der Waals surface area (Å²) in [5, 5.41) is 9.77. The largest absolute Gasteiger partial charge is 0.486 e. The van der Waals surface area contributed by atoms with Crippen molar-refractivity contribution >= 4 is 22.9 Å². The van der Waals surface area contributed by atoms with Crippen molar-refractivity contribution in [1.82, 2.24) is 19.7 Å². The fourth-order valence-corrected chi connectivity index (χ4v) is 3.41.